The van der Waals surface area contributed by atoms with Crippen molar-refractivity contribution in [2.75, 3.05) is 0 Å². The Morgan fingerprint density at radius 1 is 1.40 bits per heavy atom. The summed E-state index contributed by atoms with van der Waals surface area (Å²) in [6, 6.07) is 0. The highest BCUT2D eigenvalue weighted by molar-refractivity contribution is 5.96. The molecule has 0 aromatic heterocycles. The van der Waals surface area contributed by atoms with Crippen molar-refractivity contribution in [1.82, 2.24) is 0 Å². The van der Waals surface area contributed by atoms with Crippen molar-refractivity contribution in [3.8, 4) is 0 Å². The number of ether oxygens (including phenoxy) is 2. The molecule has 130 valence electrons. The fourth-order valence-electron chi connectivity index (χ4n) is 5.52. The molecule has 25 heavy (non-hydrogen) atoms. The molecule has 2 heterocycles. The Bertz CT molecular complexity index is 807. The maximum absolute atomic E-state index is 12.7. The molecular weight excluding hydrogens is 312 g/mol. The van der Waals surface area contributed by atoms with E-state index in [1.165, 1.54) is 11.1 Å². The van der Waals surface area contributed by atoms with Crippen molar-refractivity contribution in [2.24, 2.45) is 11.8 Å². The van der Waals surface area contributed by atoms with Gasteiger partial charge in [0.1, 0.15) is 17.1 Å². The van der Waals surface area contributed by atoms with Gasteiger partial charge in [-0.25, -0.2) is 4.79 Å². The fourth-order valence-corrected chi connectivity index (χ4v) is 5.52. The van der Waals surface area contributed by atoms with Crippen LogP contribution in [0.5, 0.6) is 0 Å². The zero-order valence-electron chi connectivity index (χ0n) is 14.8. The van der Waals surface area contributed by atoms with Gasteiger partial charge in [0, 0.05) is 17.1 Å². The van der Waals surface area contributed by atoms with E-state index in [2.05, 4.69) is 31.7 Å². The maximum Gasteiger partial charge on any atom is 0.340 e. The normalized spacial score (nSPS) is 37.1. The van der Waals surface area contributed by atoms with Gasteiger partial charge in [-0.05, 0) is 56.1 Å². The first-order valence-corrected chi connectivity index (χ1v) is 9.60. The molecule has 2 aliphatic heterocycles. The minimum Gasteiger partial charge on any atom is -0.482 e. The zero-order chi connectivity index (χ0) is 17.2. The average molecular weight is 336 g/mol. The summed E-state index contributed by atoms with van der Waals surface area (Å²) in [5.41, 5.74) is 4.26. The van der Waals surface area contributed by atoms with Crippen molar-refractivity contribution in [2.45, 2.75) is 57.5 Å². The molecule has 0 bridgehead atoms. The van der Waals surface area contributed by atoms with Crippen LogP contribution in [-0.4, -0.2) is 11.6 Å². The Morgan fingerprint density at radius 3 is 3.12 bits per heavy atom. The molecule has 1 fully saturated rings. The predicted octanol–water partition coefficient (Wildman–Crippen LogP) is 4.88. The molecule has 0 N–H and O–H groups in total. The van der Waals surface area contributed by atoms with E-state index in [1.54, 1.807) is 0 Å². The first-order chi connectivity index (χ1) is 12.2. The van der Waals surface area contributed by atoms with Gasteiger partial charge in [-0.15, -0.1) is 0 Å². The number of rotatable bonds is 2. The van der Waals surface area contributed by atoms with Crippen LogP contribution < -0.4 is 0 Å². The number of hydrogen-bond acceptors (Lipinski definition) is 3. The topological polar surface area (TPSA) is 35.5 Å². The minimum absolute atomic E-state index is 0.138. The van der Waals surface area contributed by atoms with Crippen LogP contribution in [0.1, 0.15) is 51.9 Å². The number of cyclic esters (lactones) is 1. The van der Waals surface area contributed by atoms with Crippen molar-refractivity contribution >= 4 is 5.97 Å². The van der Waals surface area contributed by atoms with E-state index >= 15 is 0 Å². The lowest BCUT2D eigenvalue weighted by atomic mass is 9.51. The average Bonchev–Trinajstić information content (AvgIpc) is 3.08. The van der Waals surface area contributed by atoms with Crippen molar-refractivity contribution in [1.29, 1.82) is 0 Å². The summed E-state index contributed by atoms with van der Waals surface area (Å²) < 4.78 is 12.1. The molecule has 5 rings (SSSR count). The molecule has 0 saturated heterocycles. The second kappa shape index (κ2) is 5.23. The number of hydrogen-bond donors (Lipinski definition) is 0. The molecule has 1 spiro atoms. The smallest absolute Gasteiger partial charge is 0.340 e. The zero-order valence-corrected chi connectivity index (χ0v) is 14.8. The van der Waals surface area contributed by atoms with E-state index in [-0.39, 0.29) is 17.5 Å². The number of carbonyl (C=O) groups excluding carboxylic acids is 1. The van der Waals surface area contributed by atoms with Gasteiger partial charge in [0.2, 0.25) is 0 Å². The van der Waals surface area contributed by atoms with Crippen LogP contribution in [0.2, 0.25) is 0 Å². The van der Waals surface area contributed by atoms with Crippen LogP contribution >= 0.6 is 0 Å². The third-order valence-electron chi connectivity index (χ3n) is 6.57. The van der Waals surface area contributed by atoms with Gasteiger partial charge in [-0.2, -0.15) is 0 Å². The van der Waals surface area contributed by atoms with Crippen molar-refractivity contribution in [3.63, 3.8) is 0 Å². The van der Waals surface area contributed by atoms with E-state index in [9.17, 15) is 4.79 Å². The van der Waals surface area contributed by atoms with Crippen molar-refractivity contribution < 1.29 is 14.3 Å². The summed E-state index contributed by atoms with van der Waals surface area (Å²) in [5.74, 6) is 2.14. The highest BCUT2D eigenvalue weighted by Gasteiger charge is 2.65. The van der Waals surface area contributed by atoms with E-state index in [0.29, 0.717) is 5.92 Å². The highest BCUT2D eigenvalue weighted by Crippen LogP contribution is 2.65. The van der Waals surface area contributed by atoms with Crippen LogP contribution in [0.3, 0.4) is 0 Å². The number of unbranched alkanes of at least 4 members (excludes halogenated alkanes) is 1. The molecule has 0 aromatic rings. The molecule has 3 unspecified atom stereocenters. The van der Waals surface area contributed by atoms with Crippen LogP contribution in [0, 0.1) is 11.8 Å². The monoisotopic (exact) mass is 336 g/mol. The number of fused-ring (bicyclic) bond motifs is 4. The van der Waals surface area contributed by atoms with E-state index in [1.807, 2.05) is 0 Å². The summed E-state index contributed by atoms with van der Waals surface area (Å²) in [5, 5.41) is 0. The summed E-state index contributed by atoms with van der Waals surface area (Å²) >= 11 is 0. The first kappa shape index (κ1) is 15.2. The third kappa shape index (κ3) is 1.90. The Kier molecular flexibility index (Phi) is 3.19. The molecule has 0 radical (unpaired) electrons. The summed E-state index contributed by atoms with van der Waals surface area (Å²) in [6.45, 7) is 6.28. The van der Waals surface area contributed by atoms with Crippen LogP contribution in [-0.2, 0) is 14.3 Å². The van der Waals surface area contributed by atoms with Crippen molar-refractivity contribution in [3.05, 3.63) is 58.6 Å². The van der Waals surface area contributed by atoms with Gasteiger partial charge in [0.05, 0.1) is 5.57 Å². The lowest BCUT2D eigenvalue weighted by molar-refractivity contribution is -0.141. The molecule has 5 aliphatic rings. The number of allylic oxidation sites excluding steroid dienone is 4. The van der Waals surface area contributed by atoms with Gasteiger partial charge in [-0.1, -0.05) is 32.1 Å². The molecule has 3 nitrogen and oxygen atoms in total. The second-order valence-electron chi connectivity index (χ2n) is 7.87. The third-order valence-corrected chi connectivity index (χ3v) is 6.57. The molecule has 3 atom stereocenters. The molecule has 3 heteroatoms. The van der Waals surface area contributed by atoms with Gasteiger partial charge in [0.15, 0.2) is 0 Å². The molecule has 1 saturated carbocycles. The summed E-state index contributed by atoms with van der Waals surface area (Å²) in [6.07, 6.45) is 13.6. The standard InChI is InChI=1S/C22H24O3/c1-3-4-9-18-16-11-10-14-12-22(20(14)19(16)21(23)24-18)17-8-6-5-7-15(17)13(2)25-22/h5,7,9,14,20H,2-4,6,8,10-12H2,1H3/b18-9-. The van der Waals surface area contributed by atoms with E-state index < -0.39 is 0 Å². The summed E-state index contributed by atoms with van der Waals surface area (Å²) in [4.78, 5) is 12.7. The van der Waals surface area contributed by atoms with E-state index in [0.717, 1.165) is 67.6 Å². The molecule has 3 aliphatic carbocycles. The van der Waals surface area contributed by atoms with Gasteiger partial charge in [0.25, 0.3) is 0 Å². The Labute approximate surface area is 148 Å². The quantitative estimate of drug-likeness (QED) is 0.674. The van der Waals surface area contributed by atoms with E-state index in [4.69, 9.17) is 9.47 Å². The summed E-state index contributed by atoms with van der Waals surface area (Å²) in [7, 11) is 0. The van der Waals surface area contributed by atoms with Crippen LogP contribution in [0.15, 0.2) is 58.6 Å². The fraction of sp³-hybridized carbons (Fsp3) is 0.500. The number of esters is 1. The molecule has 0 aromatic carbocycles. The second-order valence-corrected chi connectivity index (χ2v) is 7.87. The predicted molar refractivity (Wildman–Crippen MR) is 95.3 cm³/mol. The lowest BCUT2D eigenvalue weighted by Crippen LogP contribution is -2.57. The van der Waals surface area contributed by atoms with Gasteiger partial charge >= 0.3 is 5.97 Å². The lowest BCUT2D eigenvalue weighted by Gasteiger charge is -2.55. The Hall–Kier alpha value is -2.03. The largest absolute Gasteiger partial charge is 0.482 e. The number of carbonyl (C=O) groups is 1. The Morgan fingerprint density at radius 2 is 2.28 bits per heavy atom. The van der Waals surface area contributed by atoms with Crippen LogP contribution in [0.4, 0.5) is 0 Å². The minimum atomic E-state index is -0.331. The maximum atomic E-state index is 12.7. The van der Waals surface area contributed by atoms with Gasteiger partial charge in [-0.3, -0.25) is 0 Å². The first-order valence-electron chi connectivity index (χ1n) is 9.60. The van der Waals surface area contributed by atoms with Gasteiger partial charge < -0.3 is 9.47 Å². The highest BCUT2D eigenvalue weighted by atomic mass is 16.5. The Balaban J connectivity index is 1.59. The SMILES string of the molecule is C=C1OC2(CC3CCC4=C(C(=O)O/C4=C\CCC)C32)C2=C1C=CCC2. The van der Waals surface area contributed by atoms with Crippen LogP contribution in [0.25, 0.3) is 0 Å². The molecular formula is C22H24O3. The molecule has 0 amide bonds.